The molecule has 2 rings (SSSR count). The monoisotopic (exact) mass is 444 g/mol. The van der Waals surface area contributed by atoms with Gasteiger partial charge in [0.05, 0.1) is 12.7 Å². The fourth-order valence-corrected chi connectivity index (χ4v) is 3.83. The number of benzene rings is 1. The van der Waals surface area contributed by atoms with E-state index in [-0.39, 0.29) is 24.3 Å². The Balaban J connectivity index is 2.62. The van der Waals surface area contributed by atoms with Gasteiger partial charge >= 0.3 is 12.1 Å². The number of esters is 1. The molecule has 1 aliphatic rings. The Kier molecular flexibility index (Phi) is 7.49. The third-order valence-corrected chi connectivity index (χ3v) is 5.53. The zero-order valence-corrected chi connectivity index (χ0v) is 19.5. The first-order valence-corrected chi connectivity index (χ1v) is 10.5. The zero-order chi connectivity index (χ0) is 24.2. The molecule has 174 valence electrons. The molecule has 0 fully saturated rings. The molecule has 1 heterocycles. The smallest absolute Gasteiger partial charge is 0.408 e. The van der Waals surface area contributed by atoms with Crippen molar-refractivity contribution in [1.82, 2.24) is 10.6 Å². The number of carbonyl (C=O) groups is 4. The molecule has 1 aromatic rings. The van der Waals surface area contributed by atoms with Crippen LogP contribution in [-0.4, -0.2) is 47.9 Å². The number of hydrogen-bond acceptors (Lipinski definition) is 7. The second-order valence-corrected chi connectivity index (χ2v) is 9.21. The van der Waals surface area contributed by atoms with Crippen molar-refractivity contribution in [3.8, 4) is 0 Å². The Labute approximate surface area is 188 Å². The van der Waals surface area contributed by atoms with E-state index in [2.05, 4.69) is 10.6 Å². The predicted molar refractivity (Wildman–Crippen MR) is 119 cm³/mol. The third kappa shape index (κ3) is 5.00. The maximum atomic E-state index is 13.7. The summed E-state index contributed by atoms with van der Waals surface area (Å²) in [6, 6.07) is 8.96. The van der Waals surface area contributed by atoms with Crippen molar-refractivity contribution in [3.05, 3.63) is 47.7 Å². The van der Waals surface area contributed by atoms with Gasteiger partial charge < -0.3 is 24.9 Å². The fraction of sp³-hybridized carbons (Fsp3) is 0.500. The highest BCUT2D eigenvalue weighted by Gasteiger charge is 2.56. The lowest BCUT2D eigenvalue weighted by Gasteiger charge is -2.36. The molecule has 1 aliphatic heterocycles. The lowest BCUT2D eigenvalue weighted by molar-refractivity contribution is -0.148. The Hall–Kier alpha value is -3.16. The first-order chi connectivity index (χ1) is 14.9. The summed E-state index contributed by atoms with van der Waals surface area (Å²) >= 11 is 0. The van der Waals surface area contributed by atoms with Crippen LogP contribution in [0.2, 0.25) is 0 Å². The van der Waals surface area contributed by atoms with E-state index in [4.69, 9.17) is 9.47 Å². The van der Waals surface area contributed by atoms with E-state index in [1.807, 2.05) is 19.9 Å². The zero-order valence-electron chi connectivity index (χ0n) is 19.5. The molecule has 0 saturated heterocycles. The average Bonchev–Trinajstić information content (AvgIpc) is 3.04. The lowest BCUT2D eigenvalue weighted by atomic mass is 9.74. The van der Waals surface area contributed by atoms with E-state index in [0.717, 1.165) is 0 Å². The van der Waals surface area contributed by atoms with Crippen molar-refractivity contribution < 1.29 is 28.7 Å². The number of Topliss-reactive ketones (excluding diaryl/α,β-unsaturated/α-hetero) is 1. The van der Waals surface area contributed by atoms with Crippen molar-refractivity contribution in [2.75, 3.05) is 7.11 Å². The molecule has 1 amide bonds. The summed E-state index contributed by atoms with van der Waals surface area (Å²) in [7, 11) is 1.19. The number of aldehydes is 1. The topological polar surface area (TPSA) is 111 Å². The molecule has 8 heteroatoms. The van der Waals surface area contributed by atoms with Crippen LogP contribution in [0.3, 0.4) is 0 Å². The van der Waals surface area contributed by atoms with Gasteiger partial charge in [0.25, 0.3) is 0 Å². The van der Waals surface area contributed by atoms with Crippen LogP contribution in [0, 0.1) is 5.92 Å². The number of ketones is 1. The minimum atomic E-state index is -1.86. The van der Waals surface area contributed by atoms with Crippen molar-refractivity contribution in [3.63, 3.8) is 0 Å². The number of hydrogen-bond donors (Lipinski definition) is 2. The van der Waals surface area contributed by atoms with E-state index >= 15 is 0 Å². The minimum Gasteiger partial charge on any atom is -0.467 e. The summed E-state index contributed by atoms with van der Waals surface area (Å²) in [5.74, 6) is -1.53. The Morgan fingerprint density at radius 3 is 2.31 bits per heavy atom. The Morgan fingerprint density at radius 1 is 1.19 bits per heavy atom. The quantitative estimate of drug-likeness (QED) is 0.468. The number of ether oxygens (including phenoxy) is 2. The van der Waals surface area contributed by atoms with Gasteiger partial charge in [-0.1, -0.05) is 44.2 Å². The number of alkyl carbamates (subject to hydrolysis) is 1. The summed E-state index contributed by atoms with van der Waals surface area (Å²) in [4.78, 5) is 51.1. The van der Waals surface area contributed by atoms with Crippen LogP contribution in [0.15, 0.2) is 42.1 Å². The van der Waals surface area contributed by atoms with Crippen LogP contribution >= 0.6 is 0 Å². The van der Waals surface area contributed by atoms with E-state index in [0.29, 0.717) is 11.8 Å². The predicted octanol–water partition coefficient (Wildman–Crippen LogP) is 2.71. The van der Waals surface area contributed by atoms with Crippen LogP contribution in [0.25, 0.3) is 0 Å². The molecule has 0 saturated carbocycles. The van der Waals surface area contributed by atoms with E-state index in [9.17, 15) is 19.2 Å². The van der Waals surface area contributed by atoms with Gasteiger partial charge in [0.2, 0.25) is 0 Å². The molecule has 0 aliphatic carbocycles. The third-order valence-electron chi connectivity index (χ3n) is 5.53. The lowest BCUT2D eigenvalue weighted by Crippen LogP contribution is -2.61. The second kappa shape index (κ2) is 9.54. The first kappa shape index (κ1) is 25.1. The Bertz CT molecular complexity index is 903. The number of nitrogens with one attached hydrogen (secondary N) is 2. The normalized spacial score (nSPS) is 20.1. The second-order valence-electron chi connectivity index (χ2n) is 9.21. The van der Waals surface area contributed by atoms with Crippen LogP contribution < -0.4 is 10.6 Å². The highest BCUT2D eigenvalue weighted by atomic mass is 16.6. The number of rotatable bonds is 8. The van der Waals surface area contributed by atoms with Crippen molar-refractivity contribution in [1.29, 1.82) is 0 Å². The summed E-state index contributed by atoms with van der Waals surface area (Å²) in [5.41, 5.74) is -3.20. The summed E-state index contributed by atoms with van der Waals surface area (Å²) < 4.78 is 10.5. The minimum absolute atomic E-state index is 0.00890. The summed E-state index contributed by atoms with van der Waals surface area (Å²) in [6.45, 7) is 8.70. The molecule has 2 atom stereocenters. The number of amides is 1. The van der Waals surface area contributed by atoms with Gasteiger partial charge in [0, 0.05) is 19.0 Å². The van der Waals surface area contributed by atoms with Gasteiger partial charge in [-0.15, -0.1) is 0 Å². The standard InChI is InChI=1S/C24H32N2O6/c1-16(2)23(12-13-27)19(28)18(15-25-23)24(20(29)31-6,14-17-10-8-7-9-11-17)26-21(30)32-22(3,4)5/h7-11,13,15-16,25H,12,14H2,1-6H3,(H,26,30)/t23-,24+/m1/s1. The van der Waals surface area contributed by atoms with Crippen LogP contribution in [0.4, 0.5) is 4.79 Å². The first-order valence-electron chi connectivity index (χ1n) is 10.5. The largest absolute Gasteiger partial charge is 0.467 e. The fourth-order valence-electron chi connectivity index (χ4n) is 3.83. The maximum Gasteiger partial charge on any atom is 0.408 e. The molecule has 1 aromatic carbocycles. The summed E-state index contributed by atoms with van der Waals surface area (Å²) in [6.07, 6.45) is 1.07. The molecule has 32 heavy (non-hydrogen) atoms. The van der Waals surface area contributed by atoms with Crippen molar-refractivity contribution >= 4 is 24.1 Å². The molecule has 0 radical (unpaired) electrons. The van der Waals surface area contributed by atoms with Crippen LogP contribution in [-0.2, 0) is 30.3 Å². The molecular formula is C24H32N2O6. The Morgan fingerprint density at radius 2 is 1.81 bits per heavy atom. The van der Waals surface area contributed by atoms with E-state index < -0.39 is 34.5 Å². The van der Waals surface area contributed by atoms with Gasteiger partial charge in [-0.25, -0.2) is 9.59 Å². The maximum absolute atomic E-state index is 13.7. The molecular weight excluding hydrogens is 412 g/mol. The van der Waals surface area contributed by atoms with Crippen molar-refractivity contribution in [2.45, 2.75) is 64.1 Å². The highest BCUT2D eigenvalue weighted by molar-refractivity contribution is 6.13. The van der Waals surface area contributed by atoms with Gasteiger partial charge in [-0.05, 0) is 32.3 Å². The van der Waals surface area contributed by atoms with Crippen LogP contribution in [0.5, 0.6) is 0 Å². The SMILES string of the molecule is COC(=O)[C@@](Cc1ccccc1)(NC(=O)OC(C)(C)C)C1=CN[C@](CC=O)(C(C)C)C1=O. The van der Waals surface area contributed by atoms with E-state index in [1.165, 1.54) is 13.3 Å². The molecule has 2 N–H and O–H groups in total. The van der Waals surface area contributed by atoms with Gasteiger partial charge in [-0.3, -0.25) is 4.79 Å². The molecule has 0 aromatic heterocycles. The average molecular weight is 445 g/mol. The molecule has 0 bridgehead atoms. The number of carbonyl (C=O) groups excluding carboxylic acids is 4. The van der Waals surface area contributed by atoms with Crippen LogP contribution in [0.1, 0.15) is 46.6 Å². The highest BCUT2D eigenvalue weighted by Crippen LogP contribution is 2.36. The number of methoxy groups -OCH3 is 1. The molecule has 0 spiro atoms. The van der Waals surface area contributed by atoms with Gasteiger partial charge in [0.1, 0.15) is 17.4 Å². The molecule has 0 unspecified atom stereocenters. The summed E-state index contributed by atoms with van der Waals surface area (Å²) in [5, 5.41) is 5.64. The van der Waals surface area contributed by atoms with E-state index in [1.54, 1.807) is 45.0 Å². The van der Waals surface area contributed by atoms with Crippen molar-refractivity contribution in [2.24, 2.45) is 5.92 Å². The molecule has 8 nitrogen and oxygen atoms in total. The van der Waals surface area contributed by atoms with Gasteiger partial charge in [0.15, 0.2) is 11.3 Å². The van der Waals surface area contributed by atoms with Gasteiger partial charge in [-0.2, -0.15) is 0 Å².